The van der Waals surface area contributed by atoms with E-state index in [1.807, 2.05) is 22.9 Å². The number of aliphatic imine (C=N–C) groups is 1. The van der Waals surface area contributed by atoms with Crippen molar-refractivity contribution in [3.05, 3.63) is 44.8 Å². The average Bonchev–Trinajstić information content (AvgIpc) is 3.19. The molecule has 0 spiro atoms. The number of thiophene rings is 2. The van der Waals surface area contributed by atoms with Gasteiger partial charge in [-0.05, 0) is 29.8 Å². The van der Waals surface area contributed by atoms with E-state index in [0.717, 1.165) is 4.88 Å². The minimum absolute atomic E-state index is 0.228. The Morgan fingerprint density at radius 3 is 2.71 bits per heavy atom. The molecule has 5 nitrogen and oxygen atoms in total. The van der Waals surface area contributed by atoms with Gasteiger partial charge in [0.25, 0.3) is 11.6 Å². The first kappa shape index (κ1) is 14.0. The van der Waals surface area contributed by atoms with Crippen molar-refractivity contribution < 1.29 is 14.3 Å². The van der Waals surface area contributed by atoms with Crippen molar-refractivity contribution in [3.63, 3.8) is 0 Å². The highest BCUT2D eigenvalue weighted by Gasteiger charge is 2.50. The van der Waals surface area contributed by atoms with E-state index in [-0.39, 0.29) is 18.2 Å². The van der Waals surface area contributed by atoms with Crippen molar-refractivity contribution in [2.75, 3.05) is 6.61 Å². The Bertz CT molecular complexity index is 692. The summed E-state index contributed by atoms with van der Waals surface area (Å²) in [6.45, 7) is 1.95. The van der Waals surface area contributed by atoms with Crippen LogP contribution in [0.2, 0.25) is 0 Å². The molecule has 3 heterocycles. The van der Waals surface area contributed by atoms with Crippen molar-refractivity contribution in [2.45, 2.75) is 12.6 Å². The van der Waals surface area contributed by atoms with Crippen molar-refractivity contribution in [1.29, 1.82) is 0 Å². The van der Waals surface area contributed by atoms with Crippen LogP contribution in [0.4, 0.5) is 0 Å². The zero-order valence-corrected chi connectivity index (χ0v) is 12.8. The van der Waals surface area contributed by atoms with E-state index >= 15 is 0 Å². The topological polar surface area (TPSA) is 67.8 Å². The molecule has 0 radical (unpaired) electrons. The third-order valence-electron chi connectivity index (χ3n) is 2.99. The Hall–Kier alpha value is -1.99. The van der Waals surface area contributed by atoms with Crippen molar-refractivity contribution in [3.8, 4) is 0 Å². The molecule has 1 aliphatic heterocycles. The summed E-state index contributed by atoms with van der Waals surface area (Å²) in [6, 6.07) is 7.22. The lowest BCUT2D eigenvalue weighted by Crippen LogP contribution is -2.47. The van der Waals surface area contributed by atoms with E-state index < -0.39 is 11.6 Å². The number of rotatable bonds is 4. The molecule has 1 unspecified atom stereocenters. The lowest BCUT2D eigenvalue weighted by molar-refractivity contribution is -0.152. The number of carbonyl (C=O) groups is 2. The highest BCUT2D eigenvalue weighted by Crippen LogP contribution is 2.33. The quantitative estimate of drug-likeness (QED) is 0.878. The first-order valence-corrected chi connectivity index (χ1v) is 8.11. The Balaban J connectivity index is 2.10. The second-order valence-corrected chi connectivity index (χ2v) is 6.20. The van der Waals surface area contributed by atoms with Gasteiger partial charge < -0.3 is 10.1 Å². The van der Waals surface area contributed by atoms with Gasteiger partial charge in [-0.15, -0.1) is 22.7 Å². The summed E-state index contributed by atoms with van der Waals surface area (Å²) >= 11 is 2.76. The van der Waals surface area contributed by atoms with Gasteiger partial charge in [0, 0.05) is 0 Å². The molecule has 1 amide bonds. The van der Waals surface area contributed by atoms with Crippen LogP contribution in [0, 0.1) is 0 Å². The van der Waals surface area contributed by atoms with Crippen LogP contribution in [-0.4, -0.2) is 24.2 Å². The minimum Gasteiger partial charge on any atom is -0.462 e. The molecule has 3 rings (SSSR count). The van der Waals surface area contributed by atoms with Crippen LogP contribution in [-0.2, 0) is 20.0 Å². The Morgan fingerprint density at radius 2 is 2.10 bits per heavy atom. The molecule has 21 heavy (non-hydrogen) atoms. The smallest absolute Gasteiger partial charge is 0.360 e. The fourth-order valence-electron chi connectivity index (χ4n) is 2.08. The predicted octanol–water partition coefficient (Wildman–Crippen LogP) is 2.14. The number of nitrogens with zero attached hydrogens (tertiary/aromatic N) is 1. The zero-order chi connectivity index (χ0) is 14.9. The number of esters is 1. The largest absolute Gasteiger partial charge is 0.462 e. The van der Waals surface area contributed by atoms with Gasteiger partial charge in [0.05, 0.1) is 16.4 Å². The monoisotopic (exact) mass is 320 g/mol. The SMILES string of the molecule is CCOC(=O)C1(c2cccs2)N=C(c2cccs2)C(=O)N1. The molecule has 1 aliphatic rings. The van der Waals surface area contributed by atoms with Crippen LogP contribution >= 0.6 is 22.7 Å². The molecule has 0 saturated carbocycles. The molecule has 0 aromatic carbocycles. The van der Waals surface area contributed by atoms with Crippen LogP contribution in [0.5, 0.6) is 0 Å². The summed E-state index contributed by atoms with van der Waals surface area (Å²) in [7, 11) is 0. The number of ether oxygens (including phenoxy) is 1. The molecule has 0 aliphatic carbocycles. The lowest BCUT2D eigenvalue weighted by Gasteiger charge is -2.22. The summed E-state index contributed by atoms with van der Waals surface area (Å²) < 4.78 is 5.12. The summed E-state index contributed by atoms with van der Waals surface area (Å²) in [6.07, 6.45) is 0. The molecule has 0 saturated heterocycles. The molecule has 2 aromatic heterocycles. The van der Waals surface area contributed by atoms with Gasteiger partial charge in [0.2, 0.25) is 0 Å². The highest BCUT2D eigenvalue weighted by molar-refractivity contribution is 7.13. The standard InChI is InChI=1S/C14H12N2O3S2/c1-2-19-13(18)14(10-6-4-8-21-10)15-11(12(17)16-14)9-5-3-7-20-9/h3-8H,2H2,1H3,(H,16,17). The summed E-state index contributed by atoms with van der Waals surface area (Å²) in [4.78, 5) is 30.4. The third-order valence-corrected chi connectivity index (χ3v) is 4.85. The second-order valence-electron chi connectivity index (χ2n) is 4.30. The van der Waals surface area contributed by atoms with Crippen LogP contribution in [0.3, 0.4) is 0 Å². The third kappa shape index (κ3) is 2.28. The Kier molecular flexibility index (Phi) is 3.60. The lowest BCUT2D eigenvalue weighted by atomic mass is 10.1. The zero-order valence-electron chi connectivity index (χ0n) is 11.2. The fourth-order valence-corrected chi connectivity index (χ4v) is 3.61. The van der Waals surface area contributed by atoms with Gasteiger partial charge >= 0.3 is 5.97 Å². The van der Waals surface area contributed by atoms with Crippen molar-refractivity contribution >= 4 is 40.3 Å². The predicted molar refractivity (Wildman–Crippen MR) is 81.6 cm³/mol. The summed E-state index contributed by atoms with van der Waals surface area (Å²) in [5.74, 6) is -0.925. The van der Waals surface area contributed by atoms with Crippen LogP contribution in [0.25, 0.3) is 0 Å². The maximum Gasteiger partial charge on any atom is 0.360 e. The van der Waals surface area contributed by atoms with Crippen LogP contribution < -0.4 is 5.32 Å². The van der Waals surface area contributed by atoms with Gasteiger partial charge in [-0.25, -0.2) is 9.79 Å². The molecule has 108 valence electrons. The minimum atomic E-state index is -1.46. The number of carbonyl (C=O) groups excluding carboxylic acids is 2. The first-order chi connectivity index (χ1) is 10.2. The number of amides is 1. The summed E-state index contributed by atoms with van der Waals surface area (Å²) in [5, 5.41) is 6.39. The second kappa shape index (κ2) is 5.42. The molecule has 0 fully saturated rings. The highest BCUT2D eigenvalue weighted by atomic mass is 32.1. The van der Waals surface area contributed by atoms with Crippen molar-refractivity contribution in [1.82, 2.24) is 5.32 Å². The van der Waals surface area contributed by atoms with E-state index in [0.29, 0.717) is 4.88 Å². The fraction of sp³-hybridized carbons (Fsp3) is 0.214. The molecule has 1 N–H and O–H groups in total. The van der Waals surface area contributed by atoms with Crippen LogP contribution in [0.15, 0.2) is 40.0 Å². The number of hydrogen-bond acceptors (Lipinski definition) is 6. The summed E-state index contributed by atoms with van der Waals surface area (Å²) in [5.41, 5.74) is -1.19. The normalized spacial score (nSPS) is 21.0. The van der Waals surface area contributed by atoms with E-state index in [4.69, 9.17) is 4.74 Å². The molecular formula is C14H12N2O3S2. The van der Waals surface area contributed by atoms with E-state index in [1.165, 1.54) is 22.7 Å². The van der Waals surface area contributed by atoms with E-state index in [9.17, 15) is 9.59 Å². The Morgan fingerprint density at radius 1 is 1.33 bits per heavy atom. The average molecular weight is 320 g/mol. The molecular weight excluding hydrogens is 308 g/mol. The molecule has 2 aromatic rings. The molecule has 0 bridgehead atoms. The number of hydrogen-bond donors (Lipinski definition) is 1. The first-order valence-electron chi connectivity index (χ1n) is 6.35. The van der Waals surface area contributed by atoms with Gasteiger partial charge in [-0.2, -0.15) is 0 Å². The van der Waals surface area contributed by atoms with Crippen molar-refractivity contribution in [2.24, 2.45) is 4.99 Å². The van der Waals surface area contributed by atoms with Gasteiger partial charge in [0.1, 0.15) is 5.71 Å². The molecule has 1 atom stereocenters. The van der Waals surface area contributed by atoms with E-state index in [1.54, 1.807) is 19.1 Å². The Labute approximate surface area is 129 Å². The maximum absolute atomic E-state index is 12.4. The van der Waals surface area contributed by atoms with Gasteiger partial charge in [-0.1, -0.05) is 12.1 Å². The van der Waals surface area contributed by atoms with Crippen LogP contribution in [0.1, 0.15) is 16.7 Å². The van der Waals surface area contributed by atoms with Gasteiger partial charge in [0.15, 0.2) is 0 Å². The van der Waals surface area contributed by atoms with Gasteiger partial charge in [-0.3, -0.25) is 4.79 Å². The molecule has 7 heteroatoms. The maximum atomic E-state index is 12.4. The number of nitrogens with one attached hydrogen (secondary N) is 1. The van der Waals surface area contributed by atoms with E-state index in [2.05, 4.69) is 10.3 Å².